The number of carbonyl (C=O) groups is 2. The highest BCUT2D eigenvalue weighted by Crippen LogP contribution is 2.14. The van der Waals surface area contributed by atoms with E-state index in [9.17, 15) is 9.59 Å². The van der Waals surface area contributed by atoms with Gasteiger partial charge in [-0.3, -0.25) is 4.79 Å². The summed E-state index contributed by atoms with van der Waals surface area (Å²) in [5.74, 6) is -0.860. The van der Waals surface area contributed by atoms with E-state index in [0.29, 0.717) is 31.0 Å². The van der Waals surface area contributed by atoms with Gasteiger partial charge in [0, 0.05) is 24.5 Å². The molecule has 0 spiro atoms. The molecule has 0 fully saturated rings. The molecule has 0 heterocycles. The van der Waals surface area contributed by atoms with E-state index >= 15 is 0 Å². The zero-order valence-corrected chi connectivity index (χ0v) is 11.2. The van der Waals surface area contributed by atoms with E-state index in [1.165, 1.54) is 0 Å². The van der Waals surface area contributed by atoms with Gasteiger partial charge in [-0.2, -0.15) is 0 Å². The lowest BCUT2D eigenvalue weighted by molar-refractivity contribution is -0.137. The Hall–Kier alpha value is -1.75. The molecule has 0 saturated carbocycles. The second-order valence-corrected chi connectivity index (χ2v) is 4.43. The van der Waals surface area contributed by atoms with Crippen molar-refractivity contribution in [2.24, 2.45) is 0 Å². The van der Waals surface area contributed by atoms with Crippen molar-refractivity contribution in [1.82, 2.24) is 10.6 Å². The molecule has 0 unspecified atom stereocenters. The van der Waals surface area contributed by atoms with Crippen LogP contribution in [-0.4, -0.2) is 30.2 Å². The molecule has 0 aliphatic heterocycles. The van der Waals surface area contributed by atoms with Gasteiger partial charge in [0.25, 0.3) is 0 Å². The number of amides is 2. The first-order valence-corrected chi connectivity index (χ1v) is 6.44. The molecule has 3 N–H and O–H groups in total. The molecule has 2 amide bonds. The maximum absolute atomic E-state index is 11.4. The maximum atomic E-state index is 11.4. The quantitative estimate of drug-likeness (QED) is 0.671. The van der Waals surface area contributed by atoms with Crippen LogP contribution in [0.15, 0.2) is 24.3 Å². The Morgan fingerprint density at radius 3 is 2.53 bits per heavy atom. The summed E-state index contributed by atoms with van der Waals surface area (Å²) in [6, 6.07) is 7.18. The van der Waals surface area contributed by atoms with Gasteiger partial charge in [-0.15, -0.1) is 0 Å². The van der Waals surface area contributed by atoms with E-state index in [4.69, 9.17) is 16.7 Å². The minimum Gasteiger partial charge on any atom is -0.481 e. The number of nitrogens with one attached hydrogen (secondary N) is 2. The summed E-state index contributed by atoms with van der Waals surface area (Å²) in [6.45, 7) is 0.832. The molecule has 0 saturated heterocycles. The first kappa shape index (κ1) is 15.3. The van der Waals surface area contributed by atoms with Crippen LogP contribution in [0.5, 0.6) is 0 Å². The first-order valence-electron chi connectivity index (χ1n) is 6.06. The average molecular weight is 285 g/mol. The Labute approximate surface area is 117 Å². The molecule has 0 bridgehead atoms. The average Bonchev–Trinajstić information content (AvgIpc) is 2.37. The highest BCUT2D eigenvalue weighted by Gasteiger charge is 2.02. The highest BCUT2D eigenvalue weighted by molar-refractivity contribution is 6.31. The SMILES string of the molecule is O=C(O)CCCNC(=O)NCCc1ccccc1Cl. The highest BCUT2D eigenvalue weighted by atomic mass is 35.5. The van der Waals surface area contributed by atoms with E-state index < -0.39 is 5.97 Å². The third-order valence-corrected chi connectivity index (χ3v) is 2.86. The van der Waals surface area contributed by atoms with Crippen LogP contribution in [0.1, 0.15) is 18.4 Å². The van der Waals surface area contributed by atoms with Gasteiger partial charge < -0.3 is 15.7 Å². The molecule has 0 atom stereocenters. The second-order valence-electron chi connectivity index (χ2n) is 4.02. The van der Waals surface area contributed by atoms with E-state index in [-0.39, 0.29) is 12.5 Å². The van der Waals surface area contributed by atoms with Crippen molar-refractivity contribution in [2.75, 3.05) is 13.1 Å². The van der Waals surface area contributed by atoms with Crippen LogP contribution >= 0.6 is 11.6 Å². The molecule has 1 rings (SSSR count). The maximum Gasteiger partial charge on any atom is 0.314 e. The zero-order valence-electron chi connectivity index (χ0n) is 10.5. The lowest BCUT2D eigenvalue weighted by Gasteiger charge is -2.07. The fraction of sp³-hybridized carbons (Fsp3) is 0.385. The van der Waals surface area contributed by atoms with E-state index in [2.05, 4.69) is 10.6 Å². The molecule has 5 nitrogen and oxygen atoms in total. The van der Waals surface area contributed by atoms with Crippen LogP contribution < -0.4 is 10.6 Å². The Kier molecular flexibility index (Phi) is 6.74. The van der Waals surface area contributed by atoms with Gasteiger partial charge >= 0.3 is 12.0 Å². The molecule has 104 valence electrons. The van der Waals surface area contributed by atoms with Gasteiger partial charge in [0.15, 0.2) is 0 Å². The molecule has 6 heteroatoms. The summed E-state index contributed by atoms with van der Waals surface area (Å²) in [4.78, 5) is 21.6. The minimum absolute atomic E-state index is 0.0555. The zero-order chi connectivity index (χ0) is 14.1. The molecule has 19 heavy (non-hydrogen) atoms. The second kappa shape index (κ2) is 8.37. The number of carboxylic acid groups (broad SMARTS) is 1. The van der Waals surface area contributed by atoms with Crippen molar-refractivity contribution in [3.63, 3.8) is 0 Å². The number of aliphatic carboxylic acids is 1. The number of benzene rings is 1. The number of hydrogen-bond acceptors (Lipinski definition) is 2. The largest absolute Gasteiger partial charge is 0.481 e. The molecule has 1 aromatic rings. The summed E-state index contributed by atoms with van der Waals surface area (Å²) in [7, 11) is 0. The van der Waals surface area contributed by atoms with Crippen LogP contribution in [0.4, 0.5) is 4.79 Å². The lowest BCUT2D eigenvalue weighted by Crippen LogP contribution is -2.37. The van der Waals surface area contributed by atoms with E-state index in [1.54, 1.807) is 0 Å². The summed E-state index contributed by atoms with van der Waals surface area (Å²) >= 11 is 5.99. The Bertz CT molecular complexity index is 438. The van der Waals surface area contributed by atoms with Crippen molar-refractivity contribution in [3.05, 3.63) is 34.9 Å². The van der Waals surface area contributed by atoms with E-state index in [0.717, 1.165) is 5.56 Å². The number of hydrogen-bond donors (Lipinski definition) is 3. The van der Waals surface area contributed by atoms with Gasteiger partial charge in [0.05, 0.1) is 0 Å². The molecular weight excluding hydrogens is 268 g/mol. The van der Waals surface area contributed by atoms with Gasteiger partial charge in [-0.25, -0.2) is 4.79 Å². The monoisotopic (exact) mass is 284 g/mol. The van der Waals surface area contributed by atoms with Crippen molar-refractivity contribution in [2.45, 2.75) is 19.3 Å². The predicted octanol–water partition coefficient (Wildman–Crippen LogP) is 2.05. The molecular formula is C13H17ClN2O3. The Balaban J connectivity index is 2.14. The Morgan fingerprint density at radius 2 is 1.84 bits per heavy atom. The molecule has 0 radical (unpaired) electrons. The van der Waals surface area contributed by atoms with Gasteiger partial charge in [0.2, 0.25) is 0 Å². The van der Waals surface area contributed by atoms with Gasteiger partial charge in [-0.05, 0) is 24.5 Å². The molecule has 0 aliphatic rings. The van der Waals surface area contributed by atoms with Crippen LogP contribution in [0.3, 0.4) is 0 Å². The van der Waals surface area contributed by atoms with Gasteiger partial charge in [-0.1, -0.05) is 29.8 Å². The minimum atomic E-state index is -0.860. The standard InChI is InChI=1S/C13H17ClN2O3/c14-11-5-2-1-4-10(11)7-9-16-13(19)15-8-3-6-12(17)18/h1-2,4-5H,3,6-9H2,(H,17,18)(H2,15,16,19). The van der Waals surface area contributed by atoms with Crippen LogP contribution in [-0.2, 0) is 11.2 Å². The Morgan fingerprint density at radius 1 is 1.16 bits per heavy atom. The first-order chi connectivity index (χ1) is 9.09. The molecule has 1 aromatic carbocycles. The molecule has 0 aliphatic carbocycles. The lowest BCUT2D eigenvalue weighted by atomic mass is 10.1. The summed E-state index contributed by atoms with van der Waals surface area (Å²) < 4.78 is 0. The number of rotatable bonds is 7. The topological polar surface area (TPSA) is 78.4 Å². The van der Waals surface area contributed by atoms with Crippen LogP contribution in [0, 0.1) is 0 Å². The van der Waals surface area contributed by atoms with Crippen molar-refractivity contribution in [3.8, 4) is 0 Å². The fourth-order valence-electron chi connectivity index (χ4n) is 1.52. The normalized spacial score (nSPS) is 9.95. The van der Waals surface area contributed by atoms with Gasteiger partial charge in [0.1, 0.15) is 0 Å². The fourth-order valence-corrected chi connectivity index (χ4v) is 1.75. The molecule has 0 aromatic heterocycles. The number of urea groups is 1. The van der Waals surface area contributed by atoms with Crippen molar-refractivity contribution < 1.29 is 14.7 Å². The number of halogens is 1. The number of carboxylic acids is 1. The summed E-state index contributed by atoms with van der Waals surface area (Å²) in [5.41, 5.74) is 0.982. The van der Waals surface area contributed by atoms with Crippen LogP contribution in [0.25, 0.3) is 0 Å². The number of carbonyl (C=O) groups excluding carboxylic acids is 1. The smallest absolute Gasteiger partial charge is 0.314 e. The van der Waals surface area contributed by atoms with Crippen molar-refractivity contribution in [1.29, 1.82) is 0 Å². The third kappa shape index (κ3) is 6.67. The van der Waals surface area contributed by atoms with Crippen LogP contribution in [0.2, 0.25) is 5.02 Å². The van der Waals surface area contributed by atoms with E-state index in [1.807, 2.05) is 24.3 Å². The summed E-state index contributed by atoms with van der Waals surface area (Å²) in [6.07, 6.45) is 1.13. The predicted molar refractivity (Wildman–Crippen MR) is 73.4 cm³/mol. The third-order valence-electron chi connectivity index (χ3n) is 2.49. The summed E-state index contributed by atoms with van der Waals surface area (Å²) in [5, 5.41) is 14.4. The van der Waals surface area contributed by atoms with Crippen molar-refractivity contribution >= 4 is 23.6 Å².